The number of ether oxygens (including phenoxy) is 2. The summed E-state index contributed by atoms with van der Waals surface area (Å²) in [5, 5.41) is 11.2. The van der Waals surface area contributed by atoms with Crippen LogP contribution in [0.25, 0.3) is 0 Å². The Morgan fingerprint density at radius 1 is 0.922 bits per heavy atom. The van der Waals surface area contributed by atoms with Gasteiger partial charge >= 0.3 is 5.97 Å². The standard InChI is InChI=1S/C40H40ClN3O7/c1-25-35(27-16-8-4-9-17-27)50-39(49)33-31-21-22-40(51-31)34(33)37(47)44(30(24-45)26-14-6-3-7-15-26)36(40)38(48)43(29-19-12-11-18-28(29)41)23-13-5-10-20-32(46)42(25)2/h3-9,11-19,21-22,25,30-31,33-36,45H,10,20,23-24H2,1-2H3/b13-5-/t25-,30-,31+,33-,34-,35+,36+,40-/m1/s1. The van der Waals surface area contributed by atoms with Gasteiger partial charge in [0.05, 0.1) is 41.4 Å². The molecule has 4 heterocycles. The number of allylic oxidation sites excluding steroid dienone is 1. The van der Waals surface area contributed by atoms with E-state index in [4.69, 9.17) is 21.1 Å². The molecule has 3 aromatic rings. The number of likely N-dealkylation sites (N-methyl/N-ethyl adjacent to an activating group) is 1. The van der Waals surface area contributed by atoms with Crippen molar-refractivity contribution < 1.29 is 33.8 Å². The summed E-state index contributed by atoms with van der Waals surface area (Å²) in [5.41, 5.74) is 0.194. The number of hydrogen-bond donors (Lipinski definition) is 1. The molecule has 51 heavy (non-hydrogen) atoms. The van der Waals surface area contributed by atoms with E-state index in [1.165, 1.54) is 9.80 Å². The maximum absolute atomic E-state index is 15.2. The number of benzene rings is 3. The Kier molecular flexibility index (Phi) is 9.58. The van der Waals surface area contributed by atoms with Gasteiger partial charge in [0.15, 0.2) is 0 Å². The van der Waals surface area contributed by atoms with Crippen LogP contribution in [0, 0.1) is 11.8 Å². The van der Waals surface area contributed by atoms with Crippen molar-refractivity contribution >= 4 is 41.0 Å². The van der Waals surface area contributed by atoms with Gasteiger partial charge in [-0.15, -0.1) is 0 Å². The normalized spacial score (nSPS) is 30.8. The lowest BCUT2D eigenvalue weighted by Crippen LogP contribution is -2.57. The van der Waals surface area contributed by atoms with Crippen LogP contribution in [0.1, 0.15) is 43.0 Å². The number of para-hydroxylation sites is 1. The van der Waals surface area contributed by atoms with E-state index in [-0.39, 0.29) is 18.9 Å². The molecule has 1 N–H and O–H groups in total. The van der Waals surface area contributed by atoms with Crippen LogP contribution >= 0.6 is 11.6 Å². The third kappa shape index (κ3) is 5.95. The molecule has 0 unspecified atom stereocenters. The summed E-state index contributed by atoms with van der Waals surface area (Å²) in [5.74, 6) is -4.03. The second kappa shape index (κ2) is 14.1. The number of carbonyl (C=O) groups is 4. The van der Waals surface area contributed by atoms with Crippen LogP contribution < -0.4 is 4.90 Å². The van der Waals surface area contributed by atoms with E-state index in [9.17, 15) is 19.5 Å². The van der Waals surface area contributed by atoms with Gasteiger partial charge in [-0.25, -0.2) is 0 Å². The lowest BCUT2D eigenvalue weighted by atomic mass is 9.74. The number of aliphatic hydroxyl groups is 1. The smallest absolute Gasteiger partial charge is 0.313 e. The Bertz CT molecular complexity index is 1870. The zero-order valence-electron chi connectivity index (χ0n) is 28.4. The fourth-order valence-electron chi connectivity index (χ4n) is 8.05. The maximum Gasteiger partial charge on any atom is 0.313 e. The molecular formula is C40H40ClN3O7. The molecule has 0 radical (unpaired) electrons. The second-order valence-electron chi connectivity index (χ2n) is 13.5. The first-order valence-electron chi connectivity index (χ1n) is 17.2. The zero-order valence-corrected chi connectivity index (χ0v) is 29.1. The molecule has 4 aliphatic rings. The number of amides is 3. The highest BCUT2D eigenvalue weighted by atomic mass is 35.5. The summed E-state index contributed by atoms with van der Waals surface area (Å²) in [6.45, 7) is 1.42. The van der Waals surface area contributed by atoms with Crippen molar-refractivity contribution in [3.8, 4) is 0 Å². The number of cyclic esters (lactones) is 1. The van der Waals surface area contributed by atoms with Gasteiger partial charge in [0, 0.05) is 20.0 Å². The molecule has 1 spiro atoms. The molecule has 3 aromatic carbocycles. The average Bonchev–Trinajstić information content (AvgIpc) is 3.80. The van der Waals surface area contributed by atoms with Crippen LogP contribution in [0.4, 0.5) is 5.69 Å². The van der Waals surface area contributed by atoms with Gasteiger partial charge in [0.25, 0.3) is 5.91 Å². The Hall–Kier alpha value is -4.77. The van der Waals surface area contributed by atoms with Crippen LogP contribution in [0.5, 0.6) is 0 Å². The number of halogens is 1. The fraction of sp³-hybridized carbons (Fsp3) is 0.350. The third-order valence-electron chi connectivity index (χ3n) is 10.7. The van der Waals surface area contributed by atoms with Crippen molar-refractivity contribution in [1.29, 1.82) is 0 Å². The van der Waals surface area contributed by atoms with E-state index < -0.39 is 72.2 Å². The van der Waals surface area contributed by atoms with Crippen LogP contribution in [0.3, 0.4) is 0 Å². The van der Waals surface area contributed by atoms with Gasteiger partial charge in [-0.3, -0.25) is 19.2 Å². The van der Waals surface area contributed by atoms with Gasteiger partial charge in [-0.05, 0) is 36.6 Å². The molecule has 2 fully saturated rings. The minimum Gasteiger partial charge on any atom is -0.455 e. The minimum absolute atomic E-state index is 0.0755. The van der Waals surface area contributed by atoms with E-state index in [1.54, 1.807) is 78.7 Å². The van der Waals surface area contributed by atoms with Gasteiger partial charge in [0.1, 0.15) is 23.7 Å². The van der Waals surface area contributed by atoms with Crippen molar-refractivity contribution in [1.82, 2.24) is 9.80 Å². The number of fused-ring (bicyclic) bond motifs is 2. The van der Waals surface area contributed by atoms with E-state index in [2.05, 4.69) is 0 Å². The predicted molar refractivity (Wildman–Crippen MR) is 190 cm³/mol. The first-order chi connectivity index (χ1) is 24.7. The van der Waals surface area contributed by atoms with Crippen molar-refractivity contribution in [3.63, 3.8) is 0 Å². The number of likely N-dealkylation sites (tertiary alicyclic amines) is 1. The quantitative estimate of drug-likeness (QED) is 0.292. The molecule has 5 bridgehead atoms. The number of anilines is 1. The molecule has 0 saturated carbocycles. The molecule has 4 aliphatic heterocycles. The Labute approximate surface area is 301 Å². The first-order valence-corrected chi connectivity index (χ1v) is 17.6. The van der Waals surface area contributed by atoms with E-state index in [0.717, 1.165) is 0 Å². The third-order valence-corrected chi connectivity index (χ3v) is 11.0. The number of aliphatic hydroxyl groups excluding tert-OH is 1. The maximum atomic E-state index is 15.2. The van der Waals surface area contributed by atoms with Crippen LogP contribution in [0.15, 0.2) is 109 Å². The Morgan fingerprint density at radius 2 is 1.61 bits per heavy atom. The molecule has 2 saturated heterocycles. The number of hydrogen-bond acceptors (Lipinski definition) is 7. The summed E-state index contributed by atoms with van der Waals surface area (Å²) in [6, 6.07) is 22.4. The lowest BCUT2D eigenvalue weighted by Gasteiger charge is -2.39. The highest BCUT2D eigenvalue weighted by Gasteiger charge is 2.74. The summed E-state index contributed by atoms with van der Waals surface area (Å²) < 4.78 is 12.9. The number of rotatable bonds is 5. The molecule has 10 nitrogen and oxygen atoms in total. The van der Waals surface area contributed by atoms with Crippen molar-refractivity contribution in [2.24, 2.45) is 11.8 Å². The molecule has 0 aromatic heterocycles. The van der Waals surface area contributed by atoms with Gasteiger partial charge in [-0.2, -0.15) is 0 Å². The average molecular weight is 710 g/mol. The predicted octanol–water partition coefficient (Wildman–Crippen LogP) is 5.04. The monoisotopic (exact) mass is 709 g/mol. The molecule has 7 rings (SSSR count). The second-order valence-corrected chi connectivity index (χ2v) is 13.9. The highest BCUT2D eigenvalue weighted by molar-refractivity contribution is 6.34. The van der Waals surface area contributed by atoms with Crippen LogP contribution in [-0.2, 0) is 28.7 Å². The lowest BCUT2D eigenvalue weighted by molar-refractivity contribution is -0.164. The molecule has 8 atom stereocenters. The largest absolute Gasteiger partial charge is 0.455 e. The number of carbonyl (C=O) groups excluding carboxylic acids is 4. The van der Waals surface area contributed by atoms with Gasteiger partial charge < -0.3 is 29.3 Å². The van der Waals surface area contributed by atoms with Crippen LogP contribution in [0.2, 0.25) is 5.02 Å². The molecule has 3 amide bonds. The van der Waals surface area contributed by atoms with Crippen LogP contribution in [-0.4, -0.2) is 82.6 Å². The van der Waals surface area contributed by atoms with Crippen molar-refractivity contribution in [3.05, 3.63) is 125 Å². The summed E-state index contributed by atoms with van der Waals surface area (Å²) >= 11 is 6.70. The van der Waals surface area contributed by atoms with Gasteiger partial charge in [0.2, 0.25) is 11.8 Å². The van der Waals surface area contributed by atoms with Crippen molar-refractivity contribution in [2.75, 3.05) is 25.1 Å². The Balaban J connectivity index is 1.38. The highest BCUT2D eigenvalue weighted by Crippen LogP contribution is 2.57. The van der Waals surface area contributed by atoms with E-state index in [1.807, 2.05) is 49.4 Å². The first kappa shape index (κ1) is 34.7. The number of esters is 1. The molecule has 11 heteroatoms. The summed E-state index contributed by atoms with van der Waals surface area (Å²) in [6.07, 6.45) is 5.99. The molecule has 264 valence electrons. The summed E-state index contributed by atoms with van der Waals surface area (Å²) in [4.78, 5) is 62.5. The minimum atomic E-state index is -1.54. The zero-order chi connectivity index (χ0) is 35.9. The molecular weight excluding hydrogens is 670 g/mol. The number of nitrogens with zero attached hydrogens (tertiary/aromatic N) is 3. The molecule has 0 aliphatic carbocycles. The SMILES string of the molecule is C[C@@H]1[C@@H](c2ccccc2)OC(=O)[C@@H]2[C@@H]3C=C[C@]4(O3)[C@H](C(=O)N(c3ccccc3Cl)C/C=C\CCC(=O)N1C)N([C@H](CO)c1ccccc1)C(=O)[C@@H]24. The fourth-order valence-corrected chi connectivity index (χ4v) is 8.29. The Morgan fingerprint density at radius 3 is 2.31 bits per heavy atom. The van der Waals surface area contributed by atoms with Crippen molar-refractivity contribution in [2.45, 2.75) is 55.7 Å². The van der Waals surface area contributed by atoms with Gasteiger partial charge in [-0.1, -0.05) is 109 Å². The topological polar surface area (TPSA) is 117 Å². The van der Waals surface area contributed by atoms with E-state index >= 15 is 4.79 Å². The van der Waals surface area contributed by atoms with E-state index in [0.29, 0.717) is 28.3 Å². The summed E-state index contributed by atoms with van der Waals surface area (Å²) in [7, 11) is 1.69.